The number of rotatable bonds is 4. The smallest absolute Gasteiger partial charge is 0.232 e. The van der Waals surface area contributed by atoms with Crippen molar-refractivity contribution in [3.63, 3.8) is 0 Å². The summed E-state index contributed by atoms with van der Waals surface area (Å²) in [5, 5.41) is 11.6. The lowest BCUT2D eigenvalue weighted by Gasteiger charge is -2.42. The number of carbonyl (C=O) groups excluding carboxylic acids is 1. The maximum Gasteiger partial charge on any atom is 0.232 e. The van der Waals surface area contributed by atoms with E-state index in [1.54, 1.807) is 6.20 Å². The van der Waals surface area contributed by atoms with Crippen molar-refractivity contribution in [1.82, 2.24) is 29.9 Å². The van der Waals surface area contributed by atoms with Crippen LogP contribution in [0.3, 0.4) is 0 Å². The second-order valence-corrected chi connectivity index (χ2v) is 6.02. The predicted octanol–water partition coefficient (Wildman–Crippen LogP) is 1.21. The summed E-state index contributed by atoms with van der Waals surface area (Å²) in [6.07, 6.45) is 12.4. The number of fused-ring (bicyclic) bond motifs is 3. The van der Waals surface area contributed by atoms with Crippen LogP contribution in [0.25, 0.3) is 16.8 Å². The topological polar surface area (TPSA) is 88.0 Å². The number of nitrogens with one attached hydrogen (secondary N) is 2. The molecule has 1 amide bonds. The fourth-order valence-corrected chi connectivity index (χ4v) is 3.23. The summed E-state index contributed by atoms with van der Waals surface area (Å²) < 4.78 is 1.99. The summed E-state index contributed by atoms with van der Waals surface area (Å²) in [6, 6.07) is 1.95. The van der Waals surface area contributed by atoms with Gasteiger partial charge in [0.2, 0.25) is 5.91 Å². The van der Waals surface area contributed by atoms with Crippen LogP contribution in [0.4, 0.5) is 0 Å². The summed E-state index contributed by atoms with van der Waals surface area (Å²) in [5.74, 6) is 3.11. The number of aromatic nitrogens is 5. The van der Waals surface area contributed by atoms with Crippen LogP contribution in [0.5, 0.6) is 0 Å². The molecule has 0 radical (unpaired) electrons. The van der Waals surface area contributed by atoms with E-state index in [1.807, 2.05) is 16.7 Å². The van der Waals surface area contributed by atoms with Gasteiger partial charge in [-0.05, 0) is 25.3 Å². The minimum Gasteiger partial charge on any atom is -0.349 e. The second-order valence-electron chi connectivity index (χ2n) is 6.02. The van der Waals surface area contributed by atoms with Gasteiger partial charge in [-0.15, -0.1) is 16.6 Å². The fourth-order valence-electron chi connectivity index (χ4n) is 3.23. The SMILES string of the molecule is C#CCC(=O)NC1(Cc2nnc3cnc4[nH]ccc4n23)CCC1. The summed E-state index contributed by atoms with van der Waals surface area (Å²) in [5.41, 5.74) is 2.17. The molecule has 2 N–H and O–H groups in total. The molecule has 0 bridgehead atoms. The van der Waals surface area contributed by atoms with Crippen LogP contribution in [0.15, 0.2) is 18.5 Å². The van der Waals surface area contributed by atoms with E-state index < -0.39 is 0 Å². The van der Waals surface area contributed by atoms with Gasteiger partial charge >= 0.3 is 0 Å². The summed E-state index contributed by atoms with van der Waals surface area (Å²) >= 11 is 0. The van der Waals surface area contributed by atoms with Crippen molar-refractivity contribution in [1.29, 1.82) is 0 Å². The third-order valence-electron chi connectivity index (χ3n) is 4.48. The molecule has 3 heterocycles. The van der Waals surface area contributed by atoms with Crippen LogP contribution < -0.4 is 5.32 Å². The Bertz CT molecular complexity index is 927. The lowest BCUT2D eigenvalue weighted by Crippen LogP contribution is -2.55. The molecule has 1 saturated carbocycles. The van der Waals surface area contributed by atoms with E-state index in [4.69, 9.17) is 6.42 Å². The van der Waals surface area contributed by atoms with E-state index in [0.29, 0.717) is 12.1 Å². The first-order chi connectivity index (χ1) is 11.2. The minimum atomic E-state index is -0.261. The molecule has 0 aromatic carbocycles. The number of aromatic amines is 1. The molecule has 4 rings (SSSR count). The van der Waals surface area contributed by atoms with Crippen molar-refractivity contribution in [3.05, 3.63) is 24.3 Å². The van der Waals surface area contributed by atoms with Gasteiger partial charge in [0.15, 0.2) is 11.3 Å². The number of terminal acetylenes is 1. The standard InChI is InChI=1S/C16H16N6O/c1-2-4-14(23)19-16(6-3-7-16)9-12-20-21-13-10-18-15-11(22(12)13)5-8-17-15/h1,5,8,10,17H,3-4,6-7,9H2,(H,19,23). The average molecular weight is 308 g/mol. The van der Waals surface area contributed by atoms with Gasteiger partial charge in [-0.3, -0.25) is 9.20 Å². The van der Waals surface area contributed by atoms with Crippen molar-refractivity contribution in [2.75, 3.05) is 0 Å². The Hall–Kier alpha value is -2.88. The third kappa shape index (κ3) is 2.23. The molecule has 116 valence electrons. The number of carbonyl (C=O) groups is 1. The monoisotopic (exact) mass is 308 g/mol. The Morgan fingerprint density at radius 2 is 2.35 bits per heavy atom. The van der Waals surface area contributed by atoms with Crippen molar-refractivity contribution in [3.8, 4) is 12.3 Å². The first-order valence-corrected chi connectivity index (χ1v) is 7.61. The van der Waals surface area contributed by atoms with Crippen LogP contribution in [-0.4, -0.2) is 36.0 Å². The minimum absolute atomic E-state index is 0.102. The van der Waals surface area contributed by atoms with Gasteiger partial charge in [-0.25, -0.2) is 4.98 Å². The molecular formula is C16H16N6O. The highest BCUT2D eigenvalue weighted by molar-refractivity contribution is 5.79. The molecule has 0 atom stereocenters. The van der Waals surface area contributed by atoms with Gasteiger partial charge in [0.1, 0.15) is 5.82 Å². The number of nitrogens with zero attached hydrogens (tertiary/aromatic N) is 4. The van der Waals surface area contributed by atoms with Crippen molar-refractivity contribution < 1.29 is 4.79 Å². The first kappa shape index (κ1) is 13.8. The third-order valence-corrected chi connectivity index (χ3v) is 4.48. The molecule has 0 spiro atoms. The molecule has 1 fully saturated rings. The summed E-state index contributed by atoms with van der Waals surface area (Å²) in [4.78, 5) is 19.3. The number of H-pyrrole nitrogens is 1. The second kappa shape index (κ2) is 5.09. The normalized spacial score (nSPS) is 16.1. The Morgan fingerprint density at radius 1 is 1.48 bits per heavy atom. The van der Waals surface area contributed by atoms with Crippen LogP contribution in [0.1, 0.15) is 31.5 Å². The predicted molar refractivity (Wildman–Crippen MR) is 84.5 cm³/mol. The quantitative estimate of drug-likeness (QED) is 0.709. The lowest BCUT2D eigenvalue weighted by atomic mass is 9.74. The zero-order chi connectivity index (χ0) is 15.9. The Kier molecular flexibility index (Phi) is 3.05. The molecule has 0 aliphatic heterocycles. The molecule has 3 aromatic rings. The Morgan fingerprint density at radius 3 is 3.09 bits per heavy atom. The van der Waals surface area contributed by atoms with Crippen LogP contribution in [0.2, 0.25) is 0 Å². The van der Waals surface area contributed by atoms with Gasteiger partial charge in [-0.1, -0.05) is 5.92 Å². The van der Waals surface area contributed by atoms with Crippen LogP contribution in [0, 0.1) is 12.3 Å². The maximum atomic E-state index is 11.9. The van der Waals surface area contributed by atoms with Crippen LogP contribution in [-0.2, 0) is 11.2 Å². The highest BCUT2D eigenvalue weighted by atomic mass is 16.1. The highest BCUT2D eigenvalue weighted by Crippen LogP contribution is 2.35. The first-order valence-electron chi connectivity index (χ1n) is 7.61. The van der Waals surface area contributed by atoms with Crippen molar-refractivity contribution >= 4 is 22.7 Å². The number of hydrogen-bond acceptors (Lipinski definition) is 4. The fraction of sp³-hybridized carbons (Fsp3) is 0.375. The molecule has 0 unspecified atom stereocenters. The number of amides is 1. The van der Waals surface area contributed by atoms with Crippen molar-refractivity contribution in [2.45, 2.75) is 37.6 Å². The summed E-state index contributed by atoms with van der Waals surface area (Å²) in [7, 11) is 0. The van der Waals surface area contributed by atoms with E-state index in [9.17, 15) is 4.79 Å². The molecular weight excluding hydrogens is 292 g/mol. The average Bonchev–Trinajstić information content (AvgIpc) is 3.10. The molecule has 7 heteroatoms. The van der Waals surface area contributed by atoms with Gasteiger partial charge in [0.25, 0.3) is 0 Å². The molecule has 3 aromatic heterocycles. The van der Waals surface area contributed by atoms with E-state index in [0.717, 1.165) is 36.3 Å². The van der Waals surface area contributed by atoms with E-state index in [-0.39, 0.29) is 17.9 Å². The molecule has 1 aliphatic carbocycles. The van der Waals surface area contributed by atoms with Gasteiger partial charge in [0, 0.05) is 18.2 Å². The highest BCUT2D eigenvalue weighted by Gasteiger charge is 2.39. The lowest BCUT2D eigenvalue weighted by molar-refractivity contribution is -0.123. The summed E-state index contributed by atoms with van der Waals surface area (Å²) in [6.45, 7) is 0. The van der Waals surface area contributed by atoms with Crippen molar-refractivity contribution in [2.24, 2.45) is 0 Å². The zero-order valence-electron chi connectivity index (χ0n) is 12.5. The Balaban J connectivity index is 1.70. The maximum absolute atomic E-state index is 11.9. The van der Waals surface area contributed by atoms with E-state index in [2.05, 4.69) is 31.4 Å². The molecule has 7 nitrogen and oxygen atoms in total. The van der Waals surface area contributed by atoms with E-state index in [1.165, 1.54) is 0 Å². The largest absolute Gasteiger partial charge is 0.349 e. The molecule has 0 saturated heterocycles. The van der Waals surface area contributed by atoms with Gasteiger partial charge < -0.3 is 10.3 Å². The van der Waals surface area contributed by atoms with Gasteiger partial charge in [-0.2, -0.15) is 0 Å². The van der Waals surface area contributed by atoms with E-state index >= 15 is 0 Å². The molecule has 23 heavy (non-hydrogen) atoms. The number of hydrogen-bond donors (Lipinski definition) is 2. The Labute approximate surface area is 132 Å². The molecule has 1 aliphatic rings. The van der Waals surface area contributed by atoms with Crippen LogP contribution >= 0.6 is 0 Å². The van der Waals surface area contributed by atoms with Gasteiger partial charge in [0.05, 0.1) is 18.1 Å². The zero-order valence-corrected chi connectivity index (χ0v) is 12.5.